The van der Waals surface area contributed by atoms with Gasteiger partial charge in [0.25, 0.3) is 5.91 Å². The second-order valence-corrected chi connectivity index (χ2v) is 4.45. The maximum atomic E-state index is 11.7. The average Bonchev–Trinajstić information content (AvgIpc) is 2.51. The van der Waals surface area contributed by atoms with Gasteiger partial charge in [-0.15, -0.1) is 0 Å². The van der Waals surface area contributed by atoms with Crippen molar-refractivity contribution < 1.29 is 23.9 Å². The summed E-state index contributed by atoms with van der Waals surface area (Å²) < 4.78 is 9.95. The van der Waals surface area contributed by atoms with E-state index >= 15 is 0 Å². The van der Waals surface area contributed by atoms with Crippen molar-refractivity contribution in [1.29, 1.82) is 0 Å². The minimum atomic E-state index is -0.679. The number of esters is 1. The number of methoxy groups -OCH3 is 1. The lowest BCUT2D eigenvalue weighted by Gasteiger charge is -2.09. The summed E-state index contributed by atoms with van der Waals surface area (Å²) in [6, 6.07) is 6.42. The van der Waals surface area contributed by atoms with Crippen LogP contribution in [0.1, 0.15) is 18.9 Å². The minimum absolute atomic E-state index is 0.0146. The Kier molecular flexibility index (Phi) is 7.45. The van der Waals surface area contributed by atoms with Crippen molar-refractivity contribution in [1.82, 2.24) is 10.6 Å². The third kappa shape index (κ3) is 6.25. The number of hydrogen-bond donors (Lipinski definition) is 2. The molecule has 7 nitrogen and oxygen atoms in total. The molecule has 7 heteroatoms. The van der Waals surface area contributed by atoms with Crippen LogP contribution in [0.3, 0.4) is 0 Å². The fourth-order valence-corrected chi connectivity index (χ4v) is 1.65. The van der Waals surface area contributed by atoms with Crippen LogP contribution in [0.15, 0.2) is 24.3 Å². The first kappa shape index (κ1) is 17.5. The molecule has 0 aliphatic heterocycles. The van der Waals surface area contributed by atoms with E-state index < -0.39 is 24.5 Å². The second-order valence-electron chi connectivity index (χ2n) is 4.45. The molecular formula is C15H20N2O5. The summed E-state index contributed by atoms with van der Waals surface area (Å²) >= 11 is 0. The lowest BCUT2D eigenvalue weighted by Crippen LogP contribution is -2.41. The number of imide groups is 1. The van der Waals surface area contributed by atoms with Crippen molar-refractivity contribution in [3.05, 3.63) is 29.8 Å². The van der Waals surface area contributed by atoms with Crippen LogP contribution in [0.4, 0.5) is 4.79 Å². The van der Waals surface area contributed by atoms with Crippen molar-refractivity contribution in [3.63, 3.8) is 0 Å². The molecule has 0 atom stereocenters. The first-order valence-corrected chi connectivity index (χ1v) is 6.92. The van der Waals surface area contributed by atoms with Gasteiger partial charge >= 0.3 is 12.0 Å². The maximum absolute atomic E-state index is 11.7. The van der Waals surface area contributed by atoms with E-state index in [1.54, 1.807) is 24.3 Å². The summed E-state index contributed by atoms with van der Waals surface area (Å²) in [7, 11) is 1.51. The molecule has 22 heavy (non-hydrogen) atoms. The van der Waals surface area contributed by atoms with Crippen LogP contribution in [-0.2, 0) is 20.7 Å². The van der Waals surface area contributed by atoms with Gasteiger partial charge in [-0.3, -0.25) is 14.9 Å². The molecule has 1 aromatic carbocycles. The summed E-state index contributed by atoms with van der Waals surface area (Å²) in [4.78, 5) is 34.3. The second kappa shape index (κ2) is 9.38. The zero-order chi connectivity index (χ0) is 16.4. The lowest BCUT2D eigenvalue weighted by molar-refractivity contribution is -0.147. The standard InChI is InChI=1S/C15H20N2O5/c1-3-8-16-15(20)17-13(18)10-22-14(19)9-11-6-4-5-7-12(11)21-2/h4-7H,3,8-10H2,1-2H3,(H2,16,17,18,20). The Balaban J connectivity index is 2.36. The van der Waals surface area contributed by atoms with E-state index in [1.165, 1.54) is 7.11 Å². The van der Waals surface area contributed by atoms with Crippen molar-refractivity contribution >= 4 is 17.9 Å². The van der Waals surface area contributed by atoms with Gasteiger partial charge in [0.05, 0.1) is 13.5 Å². The molecule has 1 aromatic rings. The number of hydrogen-bond acceptors (Lipinski definition) is 5. The molecule has 0 radical (unpaired) electrons. The molecule has 0 aliphatic carbocycles. The zero-order valence-electron chi connectivity index (χ0n) is 12.7. The summed E-state index contributed by atoms with van der Waals surface area (Å²) in [6.45, 7) is 1.85. The highest BCUT2D eigenvalue weighted by molar-refractivity contribution is 5.95. The highest BCUT2D eigenvalue weighted by Crippen LogP contribution is 2.17. The smallest absolute Gasteiger partial charge is 0.321 e. The van der Waals surface area contributed by atoms with Crippen LogP contribution < -0.4 is 15.4 Å². The van der Waals surface area contributed by atoms with E-state index in [-0.39, 0.29) is 6.42 Å². The predicted molar refractivity (Wildman–Crippen MR) is 79.5 cm³/mol. The number of amides is 3. The topological polar surface area (TPSA) is 93.7 Å². The molecule has 0 unspecified atom stereocenters. The molecule has 0 bridgehead atoms. The fraction of sp³-hybridized carbons (Fsp3) is 0.400. The summed E-state index contributed by atoms with van der Waals surface area (Å²) in [5, 5.41) is 4.54. The monoisotopic (exact) mass is 308 g/mol. The van der Waals surface area contributed by atoms with Crippen LogP contribution in [0.2, 0.25) is 0 Å². The quantitative estimate of drug-likeness (QED) is 0.733. The van der Waals surface area contributed by atoms with Gasteiger partial charge in [0.15, 0.2) is 6.61 Å². The summed E-state index contributed by atoms with van der Waals surface area (Å²) in [5.74, 6) is -0.682. The zero-order valence-corrected chi connectivity index (χ0v) is 12.7. The number of rotatable bonds is 7. The molecule has 0 spiro atoms. The van der Waals surface area contributed by atoms with Crippen LogP contribution >= 0.6 is 0 Å². The SMILES string of the molecule is CCCNC(=O)NC(=O)COC(=O)Cc1ccccc1OC. The molecule has 2 N–H and O–H groups in total. The number of nitrogens with one attached hydrogen (secondary N) is 2. The van der Waals surface area contributed by atoms with Crippen LogP contribution in [-0.4, -0.2) is 38.2 Å². The van der Waals surface area contributed by atoms with Gasteiger partial charge in [-0.1, -0.05) is 25.1 Å². The number of carbonyl (C=O) groups excluding carboxylic acids is 3. The van der Waals surface area contributed by atoms with E-state index in [1.807, 2.05) is 6.92 Å². The highest BCUT2D eigenvalue weighted by Gasteiger charge is 2.12. The average molecular weight is 308 g/mol. The molecular weight excluding hydrogens is 288 g/mol. The number of urea groups is 1. The Hall–Kier alpha value is -2.57. The van der Waals surface area contributed by atoms with E-state index in [9.17, 15) is 14.4 Å². The molecule has 0 saturated heterocycles. The maximum Gasteiger partial charge on any atom is 0.321 e. The Labute approximate surface area is 129 Å². The normalized spacial score (nSPS) is 9.73. The Morgan fingerprint density at radius 1 is 1.18 bits per heavy atom. The molecule has 0 aromatic heterocycles. The molecule has 120 valence electrons. The molecule has 3 amide bonds. The number of carbonyl (C=O) groups is 3. The highest BCUT2D eigenvalue weighted by atomic mass is 16.5. The molecule has 0 fully saturated rings. The molecule has 0 aliphatic rings. The molecule has 1 rings (SSSR count). The number of ether oxygens (including phenoxy) is 2. The minimum Gasteiger partial charge on any atom is -0.496 e. The van der Waals surface area contributed by atoms with Crippen molar-refractivity contribution in [2.45, 2.75) is 19.8 Å². The fourth-order valence-electron chi connectivity index (χ4n) is 1.65. The van der Waals surface area contributed by atoms with Gasteiger partial charge < -0.3 is 14.8 Å². The third-order valence-corrected chi connectivity index (χ3v) is 2.68. The molecule has 0 heterocycles. The Morgan fingerprint density at radius 2 is 1.91 bits per heavy atom. The van der Waals surface area contributed by atoms with E-state index in [0.29, 0.717) is 17.9 Å². The van der Waals surface area contributed by atoms with E-state index in [4.69, 9.17) is 9.47 Å². The van der Waals surface area contributed by atoms with Crippen LogP contribution in [0.25, 0.3) is 0 Å². The van der Waals surface area contributed by atoms with Crippen LogP contribution in [0.5, 0.6) is 5.75 Å². The molecule has 0 saturated carbocycles. The van der Waals surface area contributed by atoms with Gasteiger partial charge in [-0.25, -0.2) is 4.79 Å². The van der Waals surface area contributed by atoms with Crippen molar-refractivity contribution in [2.24, 2.45) is 0 Å². The van der Waals surface area contributed by atoms with Crippen LogP contribution in [0, 0.1) is 0 Å². The number of para-hydroxylation sites is 1. The Morgan fingerprint density at radius 3 is 2.59 bits per heavy atom. The largest absolute Gasteiger partial charge is 0.496 e. The van der Waals surface area contributed by atoms with Crippen molar-refractivity contribution in [2.75, 3.05) is 20.3 Å². The van der Waals surface area contributed by atoms with Gasteiger partial charge in [-0.2, -0.15) is 0 Å². The first-order valence-electron chi connectivity index (χ1n) is 6.92. The number of benzene rings is 1. The summed E-state index contributed by atoms with van der Waals surface area (Å²) in [5.41, 5.74) is 0.663. The first-order chi connectivity index (χ1) is 10.6. The van der Waals surface area contributed by atoms with Gasteiger partial charge in [-0.05, 0) is 12.5 Å². The summed E-state index contributed by atoms with van der Waals surface area (Å²) in [6.07, 6.45) is 0.745. The van der Waals surface area contributed by atoms with Gasteiger partial charge in [0.2, 0.25) is 0 Å². The van der Waals surface area contributed by atoms with E-state index in [2.05, 4.69) is 10.6 Å². The van der Waals surface area contributed by atoms with E-state index in [0.717, 1.165) is 6.42 Å². The van der Waals surface area contributed by atoms with Crippen molar-refractivity contribution in [3.8, 4) is 5.75 Å². The van der Waals surface area contributed by atoms with Gasteiger partial charge in [0, 0.05) is 12.1 Å². The van der Waals surface area contributed by atoms with Gasteiger partial charge in [0.1, 0.15) is 5.75 Å². The predicted octanol–water partition coefficient (Wildman–Crippen LogP) is 1.02. The lowest BCUT2D eigenvalue weighted by atomic mass is 10.1. The Bertz CT molecular complexity index is 530. The third-order valence-electron chi connectivity index (χ3n) is 2.68.